The molecule has 1 rings (SSSR count). The van der Waals surface area contributed by atoms with E-state index in [2.05, 4.69) is 16.9 Å². The van der Waals surface area contributed by atoms with Crippen molar-refractivity contribution in [3.05, 3.63) is 23.2 Å². The molecular formula is C14H21N3O2S. The number of nitrogens with zero attached hydrogens (tertiary/aromatic N) is 2. The van der Waals surface area contributed by atoms with Crippen molar-refractivity contribution in [1.29, 1.82) is 0 Å². The summed E-state index contributed by atoms with van der Waals surface area (Å²) in [7, 11) is 0. The highest BCUT2D eigenvalue weighted by molar-refractivity contribution is 7.15. The third-order valence-electron chi connectivity index (χ3n) is 2.76. The van der Waals surface area contributed by atoms with Crippen LogP contribution in [0.2, 0.25) is 0 Å². The Morgan fingerprint density at radius 1 is 1.45 bits per heavy atom. The number of nitrogens with one attached hydrogen (secondary N) is 1. The third-order valence-corrected chi connectivity index (χ3v) is 3.75. The average Bonchev–Trinajstić information content (AvgIpc) is 2.66. The molecule has 0 aliphatic rings. The van der Waals surface area contributed by atoms with Gasteiger partial charge < -0.3 is 10.2 Å². The van der Waals surface area contributed by atoms with Crippen molar-refractivity contribution in [3.63, 3.8) is 0 Å². The number of aryl methyl sites for hydroxylation is 2. The largest absolute Gasteiger partial charge is 0.329 e. The summed E-state index contributed by atoms with van der Waals surface area (Å²) in [6.07, 6.45) is 1.62. The molecule has 6 heteroatoms. The van der Waals surface area contributed by atoms with Crippen LogP contribution in [0.25, 0.3) is 0 Å². The number of hydrogen-bond donors (Lipinski definition) is 1. The van der Waals surface area contributed by atoms with Crippen LogP contribution in [0.4, 0.5) is 5.13 Å². The number of thiazole rings is 1. The van der Waals surface area contributed by atoms with Crippen LogP contribution in [0.1, 0.15) is 24.4 Å². The summed E-state index contributed by atoms with van der Waals surface area (Å²) in [5, 5.41) is 3.30. The zero-order valence-corrected chi connectivity index (χ0v) is 13.2. The van der Waals surface area contributed by atoms with E-state index in [0.717, 1.165) is 10.6 Å². The molecule has 0 atom stereocenters. The zero-order valence-electron chi connectivity index (χ0n) is 12.4. The van der Waals surface area contributed by atoms with Gasteiger partial charge in [-0.2, -0.15) is 0 Å². The lowest BCUT2D eigenvalue weighted by Crippen LogP contribution is -2.40. The summed E-state index contributed by atoms with van der Waals surface area (Å²) in [6.45, 7) is 11.5. The molecule has 20 heavy (non-hydrogen) atoms. The molecule has 0 saturated heterocycles. The van der Waals surface area contributed by atoms with Crippen molar-refractivity contribution in [2.75, 3.05) is 18.4 Å². The van der Waals surface area contributed by atoms with E-state index >= 15 is 0 Å². The number of rotatable bonds is 6. The van der Waals surface area contributed by atoms with E-state index < -0.39 is 0 Å². The Morgan fingerprint density at radius 2 is 2.10 bits per heavy atom. The van der Waals surface area contributed by atoms with Crippen molar-refractivity contribution in [1.82, 2.24) is 9.88 Å². The topological polar surface area (TPSA) is 62.3 Å². The molecule has 0 aliphatic heterocycles. The normalized spacial score (nSPS) is 10.4. The Hall–Kier alpha value is -1.69. The Balaban J connectivity index is 2.66. The molecule has 0 aromatic carbocycles. The van der Waals surface area contributed by atoms with Crippen molar-refractivity contribution in [2.24, 2.45) is 5.92 Å². The molecule has 0 radical (unpaired) electrons. The van der Waals surface area contributed by atoms with E-state index in [9.17, 15) is 9.59 Å². The third kappa shape index (κ3) is 4.45. The second-order valence-corrected chi connectivity index (χ2v) is 6.07. The summed E-state index contributed by atoms with van der Waals surface area (Å²) in [5.74, 6) is -0.451. The number of carbonyl (C=O) groups excluding carboxylic acids is 2. The number of amides is 2. The molecule has 0 fully saturated rings. The summed E-state index contributed by atoms with van der Waals surface area (Å²) in [5.41, 5.74) is 0.909. The zero-order chi connectivity index (χ0) is 15.3. The minimum Gasteiger partial charge on any atom is -0.329 e. The molecule has 5 nitrogen and oxygen atoms in total. The first-order valence-corrected chi connectivity index (χ1v) is 7.30. The van der Waals surface area contributed by atoms with Gasteiger partial charge in [0.2, 0.25) is 11.8 Å². The fraction of sp³-hybridized carbons (Fsp3) is 0.500. The van der Waals surface area contributed by atoms with E-state index in [-0.39, 0.29) is 24.3 Å². The highest BCUT2D eigenvalue weighted by atomic mass is 32.1. The van der Waals surface area contributed by atoms with Crippen LogP contribution < -0.4 is 5.32 Å². The summed E-state index contributed by atoms with van der Waals surface area (Å²) in [6, 6.07) is 0. The quantitative estimate of drug-likeness (QED) is 0.820. The second kappa shape index (κ2) is 7.19. The van der Waals surface area contributed by atoms with Crippen LogP contribution in [0.15, 0.2) is 12.7 Å². The van der Waals surface area contributed by atoms with Crippen LogP contribution >= 0.6 is 11.3 Å². The van der Waals surface area contributed by atoms with Gasteiger partial charge in [0.1, 0.15) is 6.54 Å². The second-order valence-electron chi connectivity index (χ2n) is 4.87. The van der Waals surface area contributed by atoms with Crippen LogP contribution in [0.3, 0.4) is 0 Å². The van der Waals surface area contributed by atoms with Gasteiger partial charge in [-0.25, -0.2) is 4.98 Å². The molecular weight excluding hydrogens is 274 g/mol. The summed E-state index contributed by atoms with van der Waals surface area (Å²) in [4.78, 5) is 30.7. The highest BCUT2D eigenvalue weighted by Crippen LogP contribution is 2.20. The van der Waals surface area contributed by atoms with Crippen LogP contribution in [-0.4, -0.2) is 34.8 Å². The molecule has 1 heterocycles. The van der Waals surface area contributed by atoms with Crippen molar-refractivity contribution in [2.45, 2.75) is 27.7 Å². The standard InChI is InChI=1S/C14H21N3O2S/c1-6-7-17(13(19)9(2)3)8-12(18)16-14-15-10(4)11(5)20-14/h6,9H,1,7-8H2,2-5H3,(H,15,16,18). The molecule has 1 aromatic heterocycles. The van der Waals surface area contributed by atoms with Gasteiger partial charge in [0.25, 0.3) is 0 Å². The summed E-state index contributed by atoms with van der Waals surface area (Å²) >= 11 is 1.43. The van der Waals surface area contributed by atoms with Gasteiger partial charge in [-0.3, -0.25) is 9.59 Å². The Labute approximate surface area is 123 Å². The van der Waals surface area contributed by atoms with E-state index in [0.29, 0.717) is 11.7 Å². The lowest BCUT2D eigenvalue weighted by atomic mass is 10.2. The van der Waals surface area contributed by atoms with E-state index in [1.165, 1.54) is 16.2 Å². The van der Waals surface area contributed by atoms with Crippen molar-refractivity contribution < 1.29 is 9.59 Å². The maximum atomic E-state index is 12.0. The van der Waals surface area contributed by atoms with Gasteiger partial charge in [0, 0.05) is 17.3 Å². The fourth-order valence-electron chi connectivity index (χ4n) is 1.61. The van der Waals surface area contributed by atoms with Crippen LogP contribution in [-0.2, 0) is 9.59 Å². The minimum absolute atomic E-state index is 0.0146. The number of anilines is 1. The minimum atomic E-state index is -0.241. The van der Waals surface area contributed by atoms with Gasteiger partial charge in [-0.15, -0.1) is 17.9 Å². The molecule has 1 N–H and O–H groups in total. The number of hydrogen-bond acceptors (Lipinski definition) is 4. The van der Waals surface area contributed by atoms with Gasteiger partial charge >= 0.3 is 0 Å². The maximum Gasteiger partial charge on any atom is 0.245 e. The van der Waals surface area contributed by atoms with Crippen molar-refractivity contribution in [3.8, 4) is 0 Å². The lowest BCUT2D eigenvalue weighted by molar-refractivity contribution is -0.136. The number of carbonyl (C=O) groups is 2. The first-order valence-electron chi connectivity index (χ1n) is 6.48. The van der Waals surface area contributed by atoms with E-state index in [1.807, 2.05) is 27.7 Å². The van der Waals surface area contributed by atoms with Gasteiger partial charge in [-0.05, 0) is 13.8 Å². The van der Waals surface area contributed by atoms with Gasteiger partial charge in [0.15, 0.2) is 5.13 Å². The van der Waals surface area contributed by atoms with Gasteiger partial charge in [-0.1, -0.05) is 19.9 Å². The predicted octanol–water partition coefficient (Wildman–Crippen LogP) is 2.37. The molecule has 0 spiro atoms. The molecule has 0 unspecified atom stereocenters. The van der Waals surface area contributed by atoms with Crippen LogP contribution in [0.5, 0.6) is 0 Å². The smallest absolute Gasteiger partial charge is 0.245 e. The average molecular weight is 295 g/mol. The maximum absolute atomic E-state index is 12.0. The molecule has 2 amide bonds. The van der Waals surface area contributed by atoms with Crippen LogP contribution in [0, 0.1) is 19.8 Å². The molecule has 0 bridgehead atoms. The summed E-state index contributed by atoms with van der Waals surface area (Å²) < 4.78 is 0. The Morgan fingerprint density at radius 3 is 2.55 bits per heavy atom. The predicted molar refractivity (Wildman–Crippen MR) is 81.8 cm³/mol. The molecule has 110 valence electrons. The molecule has 0 saturated carbocycles. The highest BCUT2D eigenvalue weighted by Gasteiger charge is 2.19. The number of aromatic nitrogens is 1. The van der Waals surface area contributed by atoms with Gasteiger partial charge in [0.05, 0.1) is 5.69 Å². The first-order chi connectivity index (χ1) is 9.35. The Kier molecular flexibility index (Phi) is 5.88. The molecule has 0 aliphatic carbocycles. The van der Waals surface area contributed by atoms with E-state index in [4.69, 9.17) is 0 Å². The monoisotopic (exact) mass is 295 g/mol. The fourth-order valence-corrected chi connectivity index (χ4v) is 2.44. The Bertz CT molecular complexity index is 489. The lowest BCUT2D eigenvalue weighted by Gasteiger charge is -2.22. The van der Waals surface area contributed by atoms with Crippen molar-refractivity contribution >= 4 is 28.3 Å². The SMILES string of the molecule is C=CCN(CC(=O)Nc1nc(C)c(C)s1)C(=O)C(C)C. The van der Waals surface area contributed by atoms with E-state index in [1.54, 1.807) is 6.08 Å². The first kappa shape index (κ1) is 16.4. The molecule has 1 aromatic rings.